The molecule has 0 aliphatic heterocycles. The number of rotatable bonds is 7. The molecule has 0 saturated carbocycles. The van der Waals surface area contributed by atoms with Crippen LogP contribution in [0.5, 0.6) is 0 Å². The van der Waals surface area contributed by atoms with E-state index in [1.807, 2.05) is 13.8 Å². The molecule has 24 heavy (non-hydrogen) atoms. The molecule has 1 heterocycles. The molecule has 0 radical (unpaired) electrons. The Bertz CT molecular complexity index is 811. The van der Waals surface area contributed by atoms with Gasteiger partial charge >= 0.3 is 0 Å². The predicted octanol–water partition coefficient (Wildman–Crippen LogP) is 3.74. The van der Waals surface area contributed by atoms with Crippen molar-refractivity contribution in [3.63, 3.8) is 0 Å². The predicted molar refractivity (Wildman–Crippen MR) is 97.8 cm³/mol. The van der Waals surface area contributed by atoms with Gasteiger partial charge < -0.3 is 10.6 Å². The number of para-hydroxylation sites is 1. The third kappa shape index (κ3) is 4.36. The highest BCUT2D eigenvalue weighted by Crippen LogP contribution is 2.29. The van der Waals surface area contributed by atoms with Crippen LogP contribution in [0.15, 0.2) is 35.4 Å². The van der Waals surface area contributed by atoms with Crippen molar-refractivity contribution in [1.82, 2.24) is 9.97 Å². The van der Waals surface area contributed by atoms with E-state index in [4.69, 9.17) is 11.6 Å². The molecular weight excluding hydrogens is 348 g/mol. The Morgan fingerprint density at radius 3 is 2.67 bits per heavy atom. The fraction of sp³-hybridized carbons (Fsp3) is 0.375. The Kier molecular flexibility index (Phi) is 6.01. The summed E-state index contributed by atoms with van der Waals surface area (Å²) in [5, 5.41) is 6.14. The lowest BCUT2D eigenvalue weighted by Gasteiger charge is -2.15. The first-order valence-corrected chi connectivity index (χ1v) is 9.69. The number of sulfone groups is 1. The Morgan fingerprint density at radius 2 is 2.00 bits per heavy atom. The van der Waals surface area contributed by atoms with Gasteiger partial charge in [-0.1, -0.05) is 44.0 Å². The smallest absolute Gasteiger partial charge is 0.224 e. The third-order valence-corrected chi connectivity index (χ3v) is 5.95. The largest absolute Gasteiger partial charge is 0.357 e. The zero-order valence-electron chi connectivity index (χ0n) is 13.9. The molecule has 0 fully saturated rings. The minimum atomic E-state index is -3.42. The van der Waals surface area contributed by atoms with Gasteiger partial charge in [-0.3, -0.25) is 0 Å². The first kappa shape index (κ1) is 18.5. The van der Waals surface area contributed by atoms with Gasteiger partial charge in [-0.05, 0) is 18.1 Å². The lowest BCUT2D eigenvalue weighted by Crippen LogP contribution is -2.15. The van der Waals surface area contributed by atoms with Gasteiger partial charge in [-0.15, -0.1) is 0 Å². The molecule has 1 aromatic carbocycles. The summed E-state index contributed by atoms with van der Waals surface area (Å²) in [7, 11) is -1.72. The maximum absolute atomic E-state index is 12.7. The van der Waals surface area contributed by atoms with E-state index in [1.54, 1.807) is 31.3 Å². The van der Waals surface area contributed by atoms with Gasteiger partial charge in [0.25, 0.3) is 0 Å². The van der Waals surface area contributed by atoms with Crippen LogP contribution in [0.3, 0.4) is 0 Å². The zero-order valence-corrected chi connectivity index (χ0v) is 15.4. The van der Waals surface area contributed by atoms with Gasteiger partial charge in [-0.25, -0.2) is 13.4 Å². The minimum Gasteiger partial charge on any atom is -0.357 e. The molecule has 2 aromatic rings. The number of halogens is 1. The fourth-order valence-electron chi connectivity index (χ4n) is 2.13. The second kappa shape index (κ2) is 7.81. The SMILES string of the molecule is CCC(C)CS(=O)(=O)c1ccccc1Nc1nc(NC)ncc1Cl. The number of benzene rings is 1. The number of nitrogens with one attached hydrogen (secondary N) is 2. The average molecular weight is 369 g/mol. The highest BCUT2D eigenvalue weighted by Gasteiger charge is 2.21. The van der Waals surface area contributed by atoms with Crippen LogP contribution in [-0.2, 0) is 9.84 Å². The van der Waals surface area contributed by atoms with Gasteiger partial charge in [0, 0.05) is 7.05 Å². The van der Waals surface area contributed by atoms with E-state index in [9.17, 15) is 8.42 Å². The van der Waals surface area contributed by atoms with Gasteiger partial charge in [-0.2, -0.15) is 4.98 Å². The molecule has 130 valence electrons. The van der Waals surface area contributed by atoms with Crippen molar-refractivity contribution in [2.24, 2.45) is 5.92 Å². The van der Waals surface area contributed by atoms with Gasteiger partial charge in [0.05, 0.1) is 22.5 Å². The Hall–Kier alpha value is -1.86. The van der Waals surface area contributed by atoms with E-state index < -0.39 is 9.84 Å². The van der Waals surface area contributed by atoms with E-state index >= 15 is 0 Å². The molecule has 0 aliphatic rings. The average Bonchev–Trinajstić information content (AvgIpc) is 2.56. The van der Waals surface area contributed by atoms with Crippen molar-refractivity contribution in [3.8, 4) is 0 Å². The van der Waals surface area contributed by atoms with E-state index in [0.29, 0.717) is 22.5 Å². The molecule has 0 bridgehead atoms. The molecule has 2 N–H and O–H groups in total. The monoisotopic (exact) mass is 368 g/mol. The summed E-state index contributed by atoms with van der Waals surface area (Å²) in [6.07, 6.45) is 2.26. The number of aromatic nitrogens is 2. The maximum atomic E-state index is 12.7. The summed E-state index contributed by atoms with van der Waals surface area (Å²) in [6.45, 7) is 3.90. The summed E-state index contributed by atoms with van der Waals surface area (Å²) in [4.78, 5) is 8.48. The zero-order chi connectivity index (χ0) is 17.7. The van der Waals surface area contributed by atoms with Crippen molar-refractivity contribution < 1.29 is 8.42 Å². The minimum absolute atomic E-state index is 0.0848. The number of hydrogen-bond acceptors (Lipinski definition) is 6. The second-order valence-electron chi connectivity index (χ2n) is 5.56. The van der Waals surface area contributed by atoms with Crippen molar-refractivity contribution in [2.75, 3.05) is 23.4 Å². The molecule has 1 unspecified atom stereocenters. The van der Waals surface area contributed by atoms with E-state index in [-0.39, 0.29) is 16.6 Å². The molecule has 2 rings (SSSR count). The summed E-state index contributed by atoms with van der Waals surface area (Å²) in [5.74, 6) is 0.923. The standard InChI is InChI=1S/C16H21ClN4O2S/c1-4-11(2)10-24(22,23)14-8-6-5-7-13(14)20-15-12(17)9-19-16(18-3)21-15/h5-9,11H,4,10H2,1-3H3,(H2,18,19,20,21). The van der Waals surface area contributed by atoms with Crippen LogP contribution < -0.4 is 10.6 Å². The topological polar surface area (TPSA) is 84.0 Å². The Morgan fingerprint density at radius 1 is 1.29 bits per heavy atom. The quantitative estimate of drug-likeness (QED) is 0.774. The first-order chi connectivity index (χ1) is 11.4. The molecule has 6 nitrogen and oxygen atoms in total. The van der Waals surface area contributed by atoms with Crippen molar-refractivity contribution >= 4 is 38.9 Å². The second-order valence-corrected chi connectivity index (χ2v) is 7.97. The Labute approximate surface area is 147 Å². The van der Waals surface area contributed by atoms with Crippen molar-refractivity contribution in [2.45, 2.75) is 25.2 Å². The molecule has 0 amide bonds. The van der Waals surface area contributed by atoms with Crippen LogP contribution in [0.1, 0.15) is 20.3 Å². The van der Waals surface area contributed by atoms with Crippen LogP contribution in [0.4, 0.5) is 17.5 Å². The normalized spacial score (nSPS) is 12.7. The Balaban J connectivity index is 2.40. The van der Waals surface area contributed by atoms with Crippen LogP contribution in [0.25, 0.3) is 0 Å². The molecule has 0 aliphatic carbocycles. The van der Waals surface area contributed by atoms with Crippen LogP contribution in [0.2, 0.25) is 5.02 Å². The van der Waals surface area contributed by atoms with Gasteiger partial charge in [0.15, 0.2) is 15.7 Å². The highest BCUT2D eigenvalue weighted by molar-refractivity contribution is 7.91. The molecule has 1 atom stereocenters. The summed E-state index contributed by atoms with van der Waals surface area (Å²) in [5.41, 5.74) is 0.448. The van der Waals surface area contributed by atoms with Crippen molar-refractivity contribution in [1.29, 1.82) is 0 Å². The third-order valence-electron chi connectivity index (χ3n) is 3.64. The molecule has 0 saturated heterocycles. The first-order valence-electron chi connectivity index (χ1n) is 7.66. The molecule has 1 aromatic heterocycles. The fourth-order valence-corrected chi connectivity index (χ4v) is 4.17. The van der Waals surface area contributed by atoms with E-state index in [0.717, 1.165) is 6.42 Å². The van der Waals surface area contributed by atoms with E-state index in [1.165, 1.54) is 6.20 Å². The lowest BCUT2D eigenvalue weighted by molar-refractivity contribution is 0.564. The summed E-state index contributed by atoms with van der Waals surface area (Å²) in [6, 6.07) is 6.75. The molecule has 0 spiro atoms. The maximum Gasteiger partial charge on any atom is 0.224 e. The molecular formula is C16H21ClN4O2S. The molecule has 8 heteroatoms. The van der Waals surface area contributed by atoms with E-state index in [2.05, 4.69) is 20.6 Å². The number of anilines is 3. The summed E-state index contributed by atoms with van der Waals surface area (Å²) < 4.78 is 25.4. The number of nitrogens with zero attached hydrogens (tertiary/aromatic N) is 2. The van der Waals surface area contributed by atoms with Crippen molar-refractivity contribution in [3.05, 3.63) is 35.5 Å². The van der Waals surface area contributed by atoms with Crippen LogP contribution in [-0.4, -0.2) is 31.2 Å². The summed E-state index contributed by atoms with van der Waals surface area (Å²) >= 11 is 6.11. The number of hydrogen-bond donors (Lipinski definition) is 2. The van der Waals surface area contributed by atoms with Gasteiger partial charge in [0.2, 0.25) is 5.95 Å². The van der Waals surface area contributed by atoms with Gasteiger partial charge in [0.1, 0.15) is 5.02 Å². The lowest BCUT2D eigenvalue weighted by atomic mass is 10.2. The highest BCUT2D eigenvalue weighted by atomic mass is 35.5. The van der Waals surface area contributed by atoms with Crippen LogP contribution in [0, 0.1) is 5.92 Å². The van der Waals surface area contributed by atoms with Crippen LogP contribution >= 0.6 is 11.6 Å².